The molecule has 0 fully saturated rings. The summed E-state index contributed by atoms with van der Waals surface area (Å²) in [6.45, 7) is 0. The van der Waals surface area contributed by atoms with Crippen LogP contribution in [0, 0.1) is 15.9 Å². The molecule has 98 valence electrons. The van der Waals surface area contributed by atoms with Crippen LogP contribution in [0.4, 0.5) is 15.9 Å². The molecule has 9 heteroatoms. The second-order valence-electron chi connectivity index (χ2n) is 3.35. The van der Waals surface area contributed by atoms with Crippen LogP contribution < -0.4 is 10.5 Å². The third kappa shape index (κ3) is 2.76. The molecule has 0 atom stereocenters. The number of nitro groups is 1. The van der Waals surface area contributed by atoms with Crippen molar-refractivity contribution in [2.24, 2.45) is 0 Å². The Morgan fingerprint density at radius 3 is 2.84 bits per heavy atom. The molecule has 7 nitrogen and oxygen atoms in total. The molecule has 1 heterocycles. The zero-order valence-electron chi connectivity index (χ0n) is 9.21. The van der Waals surface area contributed by atoms with E-state index < -0.39 is 22.3 Å². The third-order valence-corrected chi connectivity index (χ3v) is 2.59. The van der Waals surface area contributed by atoms with Gasteiger partial charge in [-0.3, -0.25) is 10.1 Å². The fraction of sp³-hybridized carbons (Fsp3) is 0. The van der Waals surface area contributed by atoms with Gasteiger partial charge in [0, 0.05) is 4.47 Å². The van der Waals surface area contributed by atoms with Crippen molar-refractivity contribution < 1.29 is 14.1 Å². The van der Waals surface area contributed by atoms with Gasteiger partial charge in [0.1, 0.15) is 6.33 Å². The van der Waals surface area contributed by atoms with Crippen LogP contribution in [0.3, 0.4) is 0 Å². The summed E-state index contributed by atoms with van der Waals surface area (Å²) in [7, 11) is 0. The van der Waals surface area contributed by atoms with Crippen molar-refractivity contribution in [1.82, 2.24) is 9.97 Å². The highest BCUT2D eigenvalue weighted by atomic mass is 79.9. The topological polar surface area (TPSA) is 104 Å². The van der Waals surface area contributed by atoms with Crippen LogP contribution in [0.5, 0.6) is 11.6 Å². The highest BCUT2D eigenvalue weighted by Gasteiger charge is 2.23. The van der Waals surface area contributed by atoms with Gasteiger partial charge in [-0.05, 0) is 18.2 Å². The molecule has 2 N–H and O–H groups in total. The SMILES string of the molecule is Nc1ncnc(Oc2cc(Br)ccc2F)c1[N+](=O)[O-]. The second-order valence-corrected chi connectivity index (χ2v) is 4.26. The summed E-state index contributed by atoms with van der Waals surface area (Å²) in [5.41, 5.74) is 4.76. The number of nitrogens with zero attached hydrogens (tertiary/aromatic N) is 3. The molecule has 0 saturated heterocycles. The van der Waals surface area contributed by atoms with E-state index in [1.54, 1.807) is 0 Å². The molecule has 0 bridgehead atoms. The van der Waals surface area contributed by atoms with Crippen LogP contribution in [0.15, 0.2) is 29.0 Å². The number of hydrogen-bond donors (Lipinski definition) is 1. The van der Waals surface area contributed by atoms with Crippen molar-refractivity contribution >= 4 is 27.4 Å². The van der Waals surface area contributed by atoms with Gasteiger partial charge >= 0.3 is 11.6 Å². The van der Waals surface area contributed by atoms with Crippen molar-refractivity contribution in [3.05, 3.63) is 44.9 Å². The number of aromatic nitrogens is 2. The Balaban J connectivity index is 2.46. The highest BCUT2D eigenvalue weighted by Crippen LogP contribution is 2.34. The normalized spacial score (nSPS) is 10.2. The maximum Gasteiger partial charge on any atom is 0.372 e. The Morgan fingerprint density at radius 1 is 1.42 bits per heavy atom. The first-order chi connectivity index (χ1) is 8.99. The number of halogens is 2. The van der Waals surface area contributed by atoms with Crippen LogP contribution in [0.1, 0.15) is 0 Å². The number of rotatable bonds is 3. The summed E-state index contributed by atoms with van der Waals surface area (Å²) in [5, 5.41) is 10.8. The molecule has 0 spiro atoms. The Kier molecular flexibility index (Phi) is 3.56. The first-order valence-electron chi connectivity index (χ1n) is 4.87. The van der Waals surface area contributed by atoms with E-state index in [4.69, 9.17) is 10.5 Å². The molecule has 1 aromatic heterocycles. The van der Waals surface area contributed by atoms with Crippen LogP contribution in [-0.4, -0.2) is 14.9 Å². The maximum absolute atomic E-state index is 13.5. The molecule has 2 aromatic rings. The predicted molar refractivity (Wildman–Crippen MR) is 67.3 cm³/mol. The minimum atomic E-state index is -0.791. The molecule has 1 aromatic carbocycles. The molecule has 0 aliphatic rings. The predicted octanol–water partition coefficient (Wildman–Crippen LogP) is 2.66. The minimum Gasteiger partial charge on any atom is -0.430 e. The van der Waals surface area contributed by atoms with E-state index in [2.05, 4.69) is 25.9 Å². The lowest BCUT2D eigenvalue weighted by Crippen LogP contribution is -2.03. The van der Waals surface area contributed by atoms with Crippen molar-refractivity contribution in [3.63, 3.8) is 0 Å². The molecule has 0 amide bonds. The Bertz CT molecular complexity index is 653. The second kappa shape index (κ2) is 5.14. The zero-order valence-corrected chi connectivity index (χ0v) is 10.8. The van der Waals surface area contributed by atoms with Gasteiger partial charge in [0.25, 0.3) is 0 Å². The molecule has 0 unspecified atom stereocenters. The average Bonchev–Trinajstić information content (AvgIpc) is 2.33. The van der Waals surface area contributed by atoms with Gasteiger partial charge in [0.15, 0.2) is 11.6 Å². The minimum absolute atomic E-state index is 0.212. The first-order valence-corrected chi connectivity index (χ1v) is 5.66. The van der Waals surface area contributed by atoms with E-state index in [9.17, 15) is 14.5 Å². The van der Waals surface area contributed by atoms with Gasteiger partial charge in [0.2, 0.25) is 5.82 Å². The largest absolute Gasteiger partial charge is 0.430 e. The Labute approximate surface area is 114 Å². The third-order valence-electron chi connectivity index (χ3n) is 2.10. The number of hydrogen-bond acceptors (Lipinski definition) is 6. The summed E-state index contributed by atoms with van der Waals surface area (Å²) in [4.78, 5) is 17.1. The number of anilines is 1. The van der Waals surface area contributed by atoms with E-state index in [0.717, 1.165) is 12.4 Å². The standard InChI is InChI=1S/C10H6BrFN4O3/c11-5-1-2-6(12)7(3-5)19-10-8(16(17)18)9(13)14-4-15-10/h1-4H,(H2,13,14,15). The van der Waals surface area contributed by atoms with E-state index in [1.807, 2.05) is 0 Å². The van der Waals surface area contributed by atoms with Crippen LogP contribution in [0.25, 0.3) is 0 Å². The van der Waals surface area contributed by atoms with Gasteiger partial charge in [-0.15, -0.1) is 0 Å². The molecule has 0 aliphatic carbocycles. The summed E-state index contributed by atoms with van der Waals surface area (Å²) >= 11 is 3.13. The fourth-order valence-corrected chi connectivity index (χ4v) is 1.62. The maximum atomic E-state index is 13.5. The Morgan fingerprint density at radius 2 is 2.16 bits per heavy atom. The van der Waals surface area contributed by atoms with Crippen LogP contribution in [-0.2, 0) is 0 Å². The Hall–Kier alpha value is -2.29. The van der Waals surface area contributed by atoms with Crippen molar-refractivity contribution in [2.75, 3.05) is 5.73 Å². The van der Waals surface area contributed by atoms with Gasteiger partial charge in [-0.2, -0.15) is 4.98 Å². The van der Waals surface area contributed by atoms with E-state index >= 15 is 0 Å². The number of nitrogen functional groups attached to an aromatic ring is 1. The molecule has 0 radical (unpaired) electrons. The fourth-order valence-electron chi connectivity index (χ4n) is 1.28. The van der Waals surface area contributed by atoms with Gasteiger partial charge in [0.05, 0.1) is 4.92 Å². The molecular formula is C10H6BrFN4O3. The van der Waals surface area contributed by atoms with Crippen molar-refractivity contribution in [3.8, 4) is 11.6 Å². The van der Waals surface area contributed by atoms with Gasteiger partial charge in [-0.25, -0.2) is 9.37 Å². The lowest BCUT2D eigenvalue weighted by molar-refractivity contribution is -0.385. The summed E-state index contributed by atoms with van der Waals surface area (Å²) in [6.07, 6.45) is 0.994. The van der Waals surface area contributed by atoms with E-state index in [-0.39, 0.29) is 11.6 Å². The summed E-state index contributed by atoms with van der Waals surface area (Å²) in [6, 6.07) is 3.93. The highest BCUT2D eigenvalue weighted by molar-refractivity contribution is 9.10. The van der Waals surface area contributed by atoms with Crippen molar-refractivity contribution in [2.45, 2.75) is 0 Å². The number of benzene rings is 1. The molecule has 0 aliphatic heterocycles. The quantitative estimate of drug-likeness (QED) is 0.686. The lowest BCUT2D eigenvalue weighted by atomic mass is 10.3. The lowest BCUT2D eigenvalue weighted by Gasteiger charge is -2.07. The zero-order chi connectivity index (χ0) is 14.0. The van der Waals surface area contributed by atoms with Gasteiger partial charge in [-0.1, -0.05) is 15.9 Å². The first kappa shape index (κ1) is 13.1. The summed E-state index contributed by atoms with van der Waals surface area (Å²) in [5.74, 6) is -1.68. The molecule has 19 heavy (non-hydrogen) atoms. The monoisotopic (exact) mass is 328 g/mol. The van der Waals surface area contributed by atoms with Crippen LogP contribution >= 0.6 is 15.9 Å². The molecular weight excluding hydrogens is 323 g/mol. The molecule has 2 rings (SSSR count). The smallest absolute Gasteiger partial charge is 0.372 e. The van der Waals surface area contributed by atoms with E-state index in [0.29, 0.717) is 4.47 Å². The average molecular weight is 329 g/mol. The van der Waals surface area contributed by atoms with Gasteiger partial charge < -0.3 is 10.5 Å². The van der Waals surface area contributed by atoms with Crippen LogP contribution in [0.2, 0.25) is 0 Å². The van der Waals surface area contributed by atoms with E-state index in [1.165, 1.54) is 12.1 Å². The van der Waals surface area contributed by atoms with Crippen molar-refractivity contribution in [1.29, 1.82) is 0 Å². The number of ether oxygens (including phenoxy) is 1. The molecule has 0 saturated carbocycles. The summed E-state index contributed by atoms with van der Waals surface area (Å²) < 4.78 is 19.1. The number of nitrogens with two attached hydrogens (primary N) is 1.